The molecule has 2 nitrogen and oxygen atoms in total. The van der Waals surface area contributed by atoms with Crippen LogP contribution in [0.15, 0.2) is 24.3 Å². The quantitative estimate of drug-likeness (QED) is 0.0575. The van der Waals surface area contributed by atoms with Gasteiger partial charge in [-0.1, -0.05) is 154 Å². The number of carbonyl (C=O) groups excluding carboxylic acids is 1. The molecule has 0 aromatic carbocycles. The molecule has 0 fully saturated rings. The molecule has 0 unspecified atom stereocenters. The Kier molecular flexibility index (Phi) is 31.0. The van der Waals surface area contributed by atoms with Crippen LogP contribution in [-0.2, 0) is 9.53 Å². The average Bonchev–Trinajstić information content (AvgIpc) is 2.88. The molecule has 0 aromatic rings. The lowest BCUT2D eigenvalue weighted by atomic mass is 10.0. The van der Waals surface area contributed by atoms with E-state index in [1.54, 1.807) is 0 Å². The molecule has 0 bridgehead atoms. The first kappa shape index (κ1) is 35.0. The first-order valence-electron chi connectivity index (χ1n) is 16.3. The third-order valence-electron chi connectivity index (χ3n) is 7.09. The average molecular weight is 505 g/mol. The van der Waals surface area contributed by atoms with Gasteiger partial charge in [-0.3, -0.25) is 4.79 Å². The van der Waals surface area contributed by atoms with Crippen molar-refractivity contribution >= 4 is 5.97 Å². The first-order valence-corrected chi connectivity index (χ1v) is 16.3. The Hall–Kier alpha value is -1.05. The van der Waals surface area contributed by atoms with Crippen molar-refractivity contribution in [2.75, 3.05) is 6.61 Å². The second-order valence-corrected chi connectivity index (χ2v) is 10.8. The molecule has 0 spiro atoms. The van der Waals surface area contributed by atoms with E-state index in [4.69, 9.17) is 4.74 Å². The fraction of sp³-hybridized carbons (Fsp3) is 0.853. The van der Waals surface area contributed by atoms with Crippen LogP contribution in [-0.4, -0.2) is 12.6 Å². The highest BCUT2D eigenvalue weighted by Gasteiger charge is 2.02. The lowest BCUT2D eigenvalue weighted by Crippen LogP contribution is -2.05. The Morgan fingerprint density at radius 1 is 0.472 bits per heavy atom. The highest BCUT2D eigenvalue weighted by molar-refractivity contribution is 5.69. The Bertz CT molecular complexity index is 480. The summed E-state index contributed by atoms with van der Waals surface area (Å²) in [6.07, 6.45) is 42.2. The van der Waals surface area contributed by atoms with E-state index in [-0.39, 0.29) is 5.97 Å². The summed E-state index contributed by atoms with van der Waals surface area (Å²) in [7, 11) is 0. The molecule has 0 radical (unpaired) electrons. The van der Waals surface area contributed by atoms with Crippen molar-refractivity contribution in [1.82, 2.24) is 0 Å². The highest BCUT2D eigenvalue weighted by atomic mass is 16.5. The smallest absolute Gasteiger partial charge is 0.305 e. The zero-order valence-electron chi connectivity index (χ0n) is 24.7. The minimum absolute atomic E-state index is 0.00961. The number of ether oxygens (including phenoxy) is 1. The van der Waals surface area contributed by atoms with Gasteiger partial charge in [0, 0.05) is 6.42 Å². The molecule has 0 N–H and O–H groups in total. The number of hydrogen-bond acceptors (Lipinski definition) is 2. The van der Waals surface area contributed by atoms with Gasteiger partial charge in [-0.2, -0.15) is 0 Å². The van der Waals surface area contributed by atoms with Crippen LogP contribution < -0.4 is 0 Å². The molecular formula is C34H64O2. The number of allylic oxidation sites excluding steroid dienone is 4. The fourth-order valence-corrected chi connectivity index (χ4v) is 4.64. The summed E-state index contributed by atoms with van der Waals surface area (Å²) in [6.45, 7) is 5.16. The first-order chi connectivity index (χ1) is 17.8. The minimum Gasteiger partial charge on any atom is -0.466 e. The predicted molar refractivity (Wildman–Crippen MR) is 161 cm³/mol. The van der Waals surface area contributed by atoms with Gasteiger partial charge in [0.15, 0.2) is 0 Å². The summed E-state index contributed by atoms with van der Waals surface area (Å²) >= 11 is 0. The van der Waals surface area contributed by atoms with Gasteiger partial charge in [-0.05, 0) is 44.9 Å². The zero-order chi connectivity index (χ0) is 26.2. The molecule has 2 heteroatoms. The molecule has 0 aliphatic carbocycles. The molecule has 0 atom stereocenters. The Labute approximate surface area is 227 Å². The van der Waals surface area contributed by atoms with Gasteiger partial charge in [-0.15, -0.1) is 0 Å². The van der Waals surface area contributed by atoms with Gasteiger partial charge in [-0.25, -0.2) is 0 Å². The van der Waals surface area contributed by atoms with Crippen molar-refractivity contribution in [3.8, 4) is 0 Å². The van der Waals surface area contributed by atoms with Crippen LogP contribution in [0.1, 0.15) is 181 Å². The maximum atomic E-state index is 11.9. The standard InChI is InChI=1S/C34H64O2/c1-3-5-7-9-11-13-15-17-19-20-22-24-26-28-30-32-34(35)36-33-31-29-27-25-23-21-18-16-14-12-10-8-6-4-2/h11,13,17,19H,3-10,12,14-16,18,20-33H2,1-2H3/b13-11-,19-17-. The van der Waals surface area contributed by atoms with E-state index in [1.807, 2.05) is 0 Å². The lowest BCUT2D eigenvalue weighted by molar-refractivity contribution is -0.143. The van der Waals surface area contributed by atoms with Crippen molar-refractivity contribution in [1.29, 1.82) is 0 Å². The SMILES string of the molecule is CCCCC/C=C\C/C=C\CCCCCCCC(=O)OCCCCCCCCCCCCCCCC. The number of unbranched alkanes of at least 4 members (excludes halogenated alkanes) is 21. The van der Waals surface area contributed by atoms with Gasteiger partial charge < -0.3 is 4.74 Å². The molecule has 0 rings (SSSR count). The van der Waals surface area contributed by atoms with Crippen LogP contribution in [0.25, 0.3) is 0 Å². The predicted octanol–water partition coefficient (Wildman–Crippen LogP) is 11.8. The van der Waals surface area contributed by atoms with Crippen LogP contribution in [0, 0.1) is 0 Å². The van der Waals surface area contributed by atoms with E-state index >= 15 is 0 Å². The molecule has 0 aromatic heterocycles. The molecular weight excluding hydrogens is 440 g/mol. The number of esters is 1. The molecule has 0 heterocycles. The van der Waals surface area contributed by atoms with E-state index in [9.17, 15) is 4.79 Å². The summed E-state index contributed by atoms with van der Waals surface area (Å²) in [6, 6.07) is 0. The highest BCUT2D eigenvalue weighted by Crippen LogP contribution is 2.13. The number of rotatable bonds is 29. The van der Waals surface area contributed by atoms with Crippen LogP contribution in [0.2, 0.25) is 0 Å². The normalized spacial score (nSPS) is 11.7. The minimum atomic E-state index is 0.00961. The molecule has 212 valence electrons. The summed E-state index contributed by atoms with van der Waals surface area (Å²) in [4.78, 5) is 11.9. The Morgan fingerprint density at radius 3 is 1.39 bits per heavy atom. The number of hydrogen-bond donors (Lipinski definition) is 0. The molecule has 0 amide bonds. The lowest BCUT2D eigenvalue weighted by Gasteiger charge is -2.05. The van der Waals surface area contributed by atoms with E-state index < -0.39 is 0 Å². The van der Waals surface area contributed by atoms with Crippen LogP contribution >= 0.6 is 0 Å². The third kappa shape index (κ3) is 31.0. The van der Waals surface area contributed by atoms with E-state index in [0.717, 1.165) is 25.7 Å². The largest absolute Gasteiger partial charge is 0.466 e. The van der Waals surface area contributed by atoms with Crippen LogP contribution in [0.5, 0.6) is 0 Å². The van der Waals surface area contributed by atoms with Gasteiger partial charge in [0.2, 0.25) is 0 Å². The molecule has 0 saturated heterocycles. The van der Waals surface area contributed by atoms with Gasteiger partial charge in [0.1, 0.15) is 0 Å². The molecule has 36 heavy (non-hydrogen) atoms. The van der Waals surface area contributed by atoms with Gasteiger partial charge in [0.05, 0.1) is 6.61 Å². The fourth-order valence-electron chi connectivity index (χ4n) is 4.64. The van der Waals surface area contributed by atoms with E-state index in [0.29, 0.717) is 13.0 Å². The van der Waals surface area contributed by atoms with Crippen molar-refractivity contribution in [3.05, 3.63) is 24.3 Å². The summed E-state index contributed by atoms with van der Waals surface area (Å²) in [5.74, 6) is 0.00961. The van der Waals surface area contributed by atoms with Crippen LogP contribution in [0.3, 0.4) is 0 Å². The topological polar surface area (TPSA) is 26.3 Å². The summed E-state index contributed by atoms with van der Waals surface area (Å²) < 4.78 is 5.41. The van der Waals surface area contributed by atoms with Crippen LogP contribution in [0.4, 0.5) is 0 Å². The number of carbonyl (C=O) groups is 1. The molecule has 0 aliphatic rings. The molecule has 0 aliphatic heterocycles. The van der Waals surface area contributed by atoms with Gasteiger partial charge >= 0.3 is 5.97 Å². The summed E-state index contributed by atoms with van der Waals surface area (Å²) in [5.41, 5.74) is 0. The van der Waals surface area contributed by atoms with Crippen molar-refractivity contribution < 1.29 is 9.53 Å². The van der Waals surface area contributed by atoms with E-state index in [1.165, 1.54) is 135 Å². The van der Waals surface area contributed by atoms with Gasteiger partial charge in [0.25, 0.3) is 0 Å². The summed E-state index contributed by atoms with van der Waals surface area (Å²) in [5, 5.41) is 0. The maximum Gasteiger partial charge on any atom is 0.305 e. The third-order valence-corrected chi connectivity index (χ3v) is 7.09. The molecule has 0 saturated carbocycles. The second kappa shape index (κ2) is 32.0. The van der Waals surface area contributed by atoms with Crippen molar-refractivity contribution in [2.45, 2.75) is 181 Å². The maximum absolute atomic E-state index is 11.9. The monoisotopic (exact) mass is 504 g/mol. The second-order valence-electron chi connectivity index (χ2n) is 10.8. The van der Waals surface area contributed by atoms with Crippen molar-refractivity contribution in [3.63, 3.8) is 0 Å². The Balaban J connectivity index is 3.22. The van der Waals surface area contributed by atoms with E-state index in [2.05, 4.69) is 38.2 Å². The van der Waals surface area contributed by atoms with Crippen molar-refractivity contribution in [2.24, 2.45) is 0 Å². The Morgan fingerprint density at radius 2 is 0.861 bits per heavy atom. The zero-order valence-corrected chi connectivity index (χ0v) is 24.7.